The average molecular weight is 358 g/mol. The highest BCUT2D eigenvalue weighted by Gasteiger charge is 2.23. The molecule has 26 heavy (non-hydrogen) atoms. The highest BCUT2D eigenvalue weighted by molar-refractivity contribution is 6.05. The zero-order chi connectivity index (χ0) is 19.0. The number of hydrogen-bond acceptors (Lipinski definition) is 3. The van der Waals surface area contributed by atoms with Crippen molar-refractivity contribution in [2.24, 2.45) is 0 Å². The molecule has 0 unspecified atom stereocenters. The van der Waals surface area contributed by atoms with Gasteiger partial charge in [-0.3, -0.25) is 14.2 Å². The van der Waals surface area contributed by atoms with Crippen LogP contribution >= 0.6 is 0 Å². The van der Waals surface area contributed by atoms with E-state index in [1.807, 2.05) is 0 Å². The maximum Gasteiger partial charge on any atom is 0.262 e. The van der Waals surface area contributed by atoms with Crippen molar-refractivity contribution in [3.8, 4) is 5.75 Å². The van der Waals surface area contributed by atoms with Crippen molar-refractivity contribution >= 4 is 22.7 Å². The van der Waals surface area contributed by atoms with Crippen LogP contribution in [0.5, 0.6) is 5.75 Å². The minimum absolute atomic E-state index is 0.0341. The van der Waals surface area contributed by atoms with Gasteiger partial charge in [0.15, 0.2) is 11.6 Å². The van der Waals surface area contributed by atoms with Gasteiger partial charge in [-0.1, -0.05) is 0 Å². The second-order valence-corrected chi connectivity index (χ2v) is 5.88. The number of rotatable bonds is 3. The Morgan fingerprint density at radius 1 is 1.15 bits per heavy atom. The predicted molar refractivity (Wildman–Crippen MR) is 92.2 cm³/mol. The van der Waals surface area contributed by atoms with E-state index in [-0.39, 0.29) is 23.4 Å². The maximum absolute atomic E-state index is 13.9. The highest BCUT2D eigenvalue weighted by Crippen LogP contribution is 2.32. The largest absolute Gasteiger partial charge is 0.505 e. The number of nitrogens with zero attached hydrogens (tertiary/aromatic N) is 1. The topological polar surface area (TPSA) is 71.3 Å². The Bertz CT molecular complexity index is 1020. The summed E-state index contributed by atoms with van der Waals surface area (Å²) in [6.07, 6.45) is -0.0341. The van der Waals surface area contributed by atoms with E-state index in [9.17, 15) is 23.5 Å². The molecule has 5 nitrogen and oxygen atoms in total. The van der Waals surface area contributed by atoms with Crippen LogP contribution in [0.4, 0.5) is 8.78 Å². The van der Waals surface area contributed by atoms with Gasteiger partial charge in [0.05, 0.1) is 11.9 Å². The van der Waals surface area contributed by atoms with Crippen LogP contribution in [-0.2, 0) is 11.2 Å². The molecule has 0 aliphatic carbocycles. The third-order valence-electron chi connectivity index (χ3n) is 4.31. The van der Waals surface area contributed by atoms with Gasteiger partial charge in [-0.15, -0.1) is 0 Å². The van der Waals surface area contributed by atoms with Crippen molar-refractivity contribution < 1.29 is 23.5 Å². The summed E-state index contributed by atoms with van der Waals surface area (Å²) in [5, 5.41) is 12.6. The predicted octanol–water partition coefficient (Wildman–Crippen LogP) is 2.91. The number of phenolic OH excluding ortho intramolecular Hbond substituents is 1. The molecule has 3 rings (SSSR count). The molecule has 0 saturated heterocycles. The number of benzene rings is 2. The Hall–Kier alpha value is -3.22. The van der Waals surface area contributed by atoms with Crippen LogP contribution in [0.3, 0.4) is 0 Å². The van der Waals surface area contributed by atoms with Crippen molar-refractivity contribution in [2.45, 2.75) is 13.3 Å². The zero-order valence-corrected chi connectivity index (χ0v) is 14.1. The standard InChI is InChI=1S/C19H16F2N2O3/c1-10-13(8-18(25)22-2)14-7-17(24)15(21)9-16(14)23(10)19(26)11-3-5-12(20)6-4-11/h3-7,9,24H,8H2,1-2H3,(H,22,25). The summed E-state index contributed by atoms with van der Waals surface area (Å²) in [6, 6.07) is 7.23. The molecule has 3 aromatic rings. The minimum atomic E-state index is -0.880. The number of amides is 1. The van der Waals surface area contributed by atoms with E-state index in [0.717, 1.165) is 18.2 Å². The molecule has 2 aromatic carbocycles. The van der Waals surface area contributed by atoms with Crippen LogP contribution < -0.4 is 5.32 Å². The molecule has 0 fully saturated rings. The van der Waals surface area contributed by atoms with E-state index in [4.69, 9.17) is 0 Å². The molecule has 0 saturated carbocycles. The summed E-state index contributed by atoms with van der Waals surface area (Å²) >= 11 is 0. The van der Waals surface area contributed by atoms with E-state index in [1.54, 1.807) is 6.92 Å². The van der Waals surface area contributed by atoms with Gasteiger partial charge in [-0.2, -0.15) is 0 Å². The third-order valence-corrected chi connectivity index (χ3v) is 4.31. The fraction of sp³-hybridized carbons (Fsp3) is 0.158. The van der Waals surface area contributed by atoms with E-state index < -0.39 is 23.3 Å². The first-order valence-corrected chi connectivity index (χ1v) is 7.86. The molecule has 1 aromatic heterocycles. The molecule has 0 spiro atoms. The lowest BCUT2D eigenvalue weighted by Gasteiger charge is -2.08. The number of aromatic hydroxyl groups is 1. The normalized spacial score (nSPS) is 10.9. The van der Waals surface area contributed by atoms with Gasteiger partial charge >= 0.3 is 0 Å². The summed E-state index contributed by atoms with van der Waals surface area (Å²) in [6.45, 7) is 1.63. The summed E-state index contributed by atoms with van der Waals surface area (Å²) in [5.41, 5.74) is 1.39. The third kappa shape index (κ3) is 2.92. The second-order valence-electron chi connectivity index (χ2n) is 5.88. The van der Waals surface area contributed by atoms with Crippen LogP contribution in [-0.4, -0.2) is 28.5 Å². The van der Waals surface area contributed by atoms with Crippen LogP contribution in [0.15, 0.2) is 36.4 Å². The number of halogens is 2. The van der Waals surface area contributed by atoms with Crippen molar-refractivity contribution in [2.75, 3.05) is 7.05 Å². The molecule has 2 N–H and O–H groups in total. The van der Waals surface area contributed by atoms with Gasteiger partial charge < -0.3 is 10.4 Å². The summed E-state index contributed by atoms with van der Waals surface area (Å²) < 4.78 is 28.3. The van der Waals surface area contributed by atoms with Crippen LogP contribution in [0.1, 0.15) is 21.6 Å². The monoisotopic (exact) mass is 358 g/mol. The molecule has 0 aliphatic heterocycles. The Morgan fingerprint density at radius 2 is 1.81 bits per heavy atom. The fourth-order valence-electron chi connectivity index (χ4n) is 2.94. The van der Waals surface area contributed by atoms with Gasteiger partial charge in [0.1, 0.15) is 5.82 Å². The van der Waals surface area contributed by atoms with E-state index in [1.165, 1.54) is 29.8 Å². The molecule has 1 heterocycles. The summed E-state index contributed by atoms with van der Waals surface area (Å²) in [5.74, 6) is -2.70. The Kier molecular flexibility index (Phi) is 4.46. The average Bonchev–Trinajstić information content (AvgIpc) is 2.87. The molecule has 7 heteroatoms. The first-order chi connectivity index (χ1) is 12.3. The lowest BCUT2D eigenvalue weighted by Crippen LogP contribution is -2.20. The molecular formula is C19H16F2N2O3. The number of hydrogen-bond donors (Lipinski definition) is 2. The molecule has 1 amide bonds. The van der Waals surface area contributed by atoms with Crippen molar-refractivity contribution in [3.63, 3.8) is 0 Å². The zero-order valence-electron chi connectivity index (χ0n) is 14.1. The molecule has 0 radical (unpaired) electrons. The molecule has 0 bridgehead atoms. The van der Waals surface area contributed by atoms with Gasteiger partial charge in [0.25, 0.3) is 5.91 Å². The number of fused-ring (bicyclic) bond motifs is 1. The number of carbonyl (C=O) groups excluding carboxylic acids is 2. The highest BCUT2D eigenvalue weighted by atomic mass is 19.1. The number of likely N-dealkylation sites (N-methyl/N-ethyl adjacent to an activating group) is 1. The number of nitrogens with one attached hydrogen (secondary N) is 1. The smallest absolute Gasteiger partial charge is 0.262 e. The SMILES string of the molecule is CNC(=O)Cc1c(C)n(C(=O)c2ccc(F)cc2)c2cc(F)c(O)cc12. The molecular weight excluding hydrogens is 342 g/mol. The number of phenols is 1. The van der Waals surface area contributed by atoms with Gasteiger partial charge in [-0.05, 0) is 42.8 Å². The van der Waals surface area contributed by atoms with Crippen molar-refractivity contribution in [1.29, 1.82) is 0 Å². The second kappa shape index (κ2) is 6.59. The molecule has 0 atom stereocenters. The van der Waals surface area contributed by atoms with Gasteiger partial charge in [-0.25, -0.2) is 8.78 Å². The van der Waals surface area contributed by atoms with E-state index in [0.29, 0.717) is 16.6 Å². The first-order valence-electron chi connectivity index (χ1n) is 7.86. The van der Waals surface area contributed by atoms with Crippen LogP contribution in [0, 0.1) is 18.6 Å². The summed E-state index contributed by atoms with van der Waals surface area (Å²) in [4.78, 5) is 24.7. The Morgan fingerprint density at radius 3 is 2.42 bits per heavy atom. The van der Waals surface area contributed by atoms with Crippen molar-refractivity contribution in [1.82, 2.24) is 9.88 Å². The lowest BCUT2D eigenvalue weighted by atomic mass is 10.1. The molecule has 0 aliphatic rings. The van der Waals surface area contributed by atoms with Gasteiger partial charge in [0, 0.05) is 29.8 Å². The molecule has 134 valence electrons. The Balaban J connectivity index is 2.25. The lowest BCUT2D eigenvalue weighted by molar-refractivity contribution is -0.119. The minimum Gasteiger partial charge on any atom is -0.505 e. The van der Waals surface area contributed by atoms with Gasteiger partial charge in [0.2, 0.25) is 5.91 Å². The summed E-state index contributed by atoms with van der Waals surface area (Å²) in [7, 11) is 1.48. The van der Waals surface area contributed by atoms with E-state index >= 15 is 0 Å². The van der Waals surface area contributed by atoms with E-state index in [2.05, 4.69) is 5.32 Å². The fourth-order valence-corrected chi connectivity index (χ4v) is 2.94. The first kappa shape index (κ1) is 17.6. The Labute approximate surface area is 147 Å². The quantitative estimate of drug-likeness (QED) is 0.756. The van der Waals surface area contributed by atoms with Crippen LogP contribution in [0.25, 0.3) is 10.9 Å². The van der Waals surface area contributed by atoms with Crippen LogP contribution in [0.2, 0.25) is 0 Å². The number of aromatic nitrogens is 1. The van der Waals surface area contributed by atoms with Crippen molar-refractivity contribution in [3.05, 3.63) is 64.9 Å². The maximum atomic E-state index is 13.9. The number of carbonyl (C=O) groups is 2.